The first-order chi connectivity index (χ1) is 34.6. The smallest absolute Gasteiger partial charge is 0.0466 e. The minimum absolute atomic E-state index is 0.160. The monoisotopic (exact) mass is 933 g/mol. The van der Waals surface area contributed by atoms with Crippen LogP contribution in [0.25, 0.3) is 46.6 Å². The third-order valence-corrected chi connectivity index (χ3v) is 15.3. The number of anilines is 6. The van der Waals surface area contributed by atoms with Crippen LogP contribution in [-0.4, -0.2) is 0 Å². The first-order valence-corrected chi connectivity index (χ1v) is 25.5. The van der Waals surface area contributed by atoms with Crippen molar-refractivity contribution in [3.05, 3.63) is 260 Å². The van der Waals surface area contributed by atoms with E-state index >= 15 is 0 Å². The van der Waals surface area contributed by atoms with Crippen molar-refractivity contribution < 1.29 is 0 Å². The summed E-state index contributed by atoms with van der Waals surface area (Å²) in [5.74, 6) is 0. The summed E-state index contributed by atoms with van der Waals surface area (Å²) in [6, 6.07) is 68.4. The van der Waals surface area contributed by atoms with Crippen molar-refractivity contribution >= 4 is 58.4 Å². The standard InChI is InChI=1S/C70H64N2/c1-45-11-25-55(26-12-45)71(59-37-47(3)35-48(4)38-59)57-29-33-63-61-31-23-53(41-65(61)69(7,8)67(63)43-57)21-19-51-15-17-52(18-16-51)20-22-54-24-32-62-64-34-30-58(44-68(64)70(9,10)66(62)42-54)72(56-27-13-46(2)14-28-56)60-39-49(5)36-50(6)40-60/h11-44H,1-10H3/b21-19+,22-20+. The van der Waals surface area contributed by atoms with Crippen LogP contribution in [0.15, 0.2) is 182 Å². The van der Waals surface area contributed by atoms with E-state index in [0.29, 0.717) is 0 Å². The number of fused-ring (bicyclic) bond motifs is 6. The molecule has 9 aromatic rings. The molecule has 0 fully saturated rings. The molecular weight excluding hydrogens is 869 g/mol. The van der Waals surface area contributed by atoms with Crippen molar-refractivity contribution in [2.45, 2.75) is 80.1 Å². The highest BCUT2D eigenvalue weighted by molar-refractivity contribution is 5.89. The molecule has 0 atom stereocenters. The van der Waals surface area contributed by atoms with Gasteiger partial charge in [0, 0.05) is 45.0 Å². The van der Waals surface area contributed by atoms with Gasteiger partial charge in [0.1, 0.15) is 0 Å². The highest BCUT2D eigenvalue weighted by Gasteiger charge is 2.37. The second-order valence-corrected chi connectivity index (χ2v) is 21.7. The third kappa shape index (κ3) is 8.60. The predicted octanol–water partition coefficient (Wildman–Crippen LogP) is 19.4. The van der Waals surface area contributed by atoms with Gasteiger partial charge in [-0.1, -0.05) is 172 Å². The zero-order valence-corrected chi connectivity index (χ0v) is 43.5. The van der Waals surface area contributed by atoms with Crippen LogP contribution in [0.2, 0.25) is 0 Å². The van der Waals surface area contributed by atoms with Crippen LogP contribution < -0.4 is 9.80 Å². The fourth-order valence-electron chi connectivity index (χ4n) is 11.5. The SMILES string of the molecule is Cc1ccc(N(c2cc(C)cc(C)c2)c2ccc3c(c2)C(C)(C)c2cc(/C=C/c4ccc(/C=C/c5ccc6c(c5)C(C)(C)c5cc(N(c7ccc(C)cc7)c7cc(C)cc(C)c7)ccc5-6)cc4)ccc2-3)cc1. The van der Waals surface area contributed by atoms with Crippen LogP contribution in [0.4, 0.5) is 34.1 Å². The average molecular weight is 933 g/mol. The van der Waals surface area contributed by atoms with Crippen molar-refractivity contribution in [1.82, 2.24) is 0 Å². The highest BCUT2D eigenvalue weighted by Crippen LogP contribution is 2.53. The molecule has 0 amide bonds. The van der Waals surface area contributed by atoms with Crippen molar-refractivity contribution in [3.8, 4) is 22.3 Å². The van der Waals surface area contributed by atoms with Gasteiger partial charge in [0.05, 0.1) is 0 Å². The Kier molecular flexibility index (Phi) is 11.6. The molecule has 0 aromatic heterocycles. The summed E-state index contributed by atoms with van der Waals surface area (Å²) in [5.41, 5.74) is 29.8. The Hall–Kier alpha value is -7.94. The number of hydrogen-bond donors (Lipinski definition) is 0. The molecule has 0 N–H and O–H groups in total. The molecule has 0 heterocycles. The van der Waals surface area contributed by atoms with Gasteiger partial charge in [0.2, 0.25) is 0 Å². The van der Waals surface area contributed by atoms with Gasteiger partial charge >= 0.3 is 0 Å². The van der Waals surface area contributed by atoms with E-state index in [2.05, 4.69) is 285 Å². The Morgan fingerprint density at radius 1 is 0.250 bits per heavy atom. The van der Waals surface area contributed by atoms with Gasteiger partial charge in [-0.25, -0.2) is 0 Å². The van der Waals surface area contributed by atoms with Gasteiger partial charge < -0.3 is 9.80 Å². The molecule has 2 heteroatoms. The fourth-order valence-corrected chi connectivity index (χ4v) is 11.5. The summed E-state index contributed by atoms with van der Waals surface area (Å²) in [6.45, 7) is 22.5. The molecule has 0 saturated heterocycles. The van der Waals surface area contributed by atoms with E-state index in [-0.39, 0.29) is 10.8 Å². The van der Waals surface area contributed by atoms with Crippen molar-refractivity contribution in [2.24, 2.45) is 0 Å². The quantitative estimate of drug-likeness (QED) is 0.126. The van der Waals surface area contributed by atoms with Crippen molar-refractivity contribution in [1.29, 1.82) is 0 Å². The molecular formula is C70H64N2. The lowest BCUT2D eigenvalue weighted by Crippen LogP contribution is -2.17. The third-order valence-electron chi connectivity index (χ3n) is 15.3. The largest absolute Gasteiger partial charge is 0.310 e. The molecule has 0 unspecified atom stereocenters. The molecule has 354 valence electrons. The maximum atomic E-state index is 2.42. The summed E-state index contributed by atoms with van der Waals surface area (Å²) < 4.78 is 0. The van der Waals surface area contributed by atoms with Crippen molar-refractivity contribution in [2.75, 3.05) is 9.80 Å². The number of hydrogen-bond acceptors (Lipinski definition) is 2. The Balaban J connectivity index is 0.803. The van der Waals surface area contributed by atoms with E-state index in [1.807, 2.05) is 0 Å². The number of aryl methyl sites for hydroxylation is 6. The maximum Gasteiger partial charge on any atom is 0.0466 e. The van der Waals surface area contributed by atoms with Crippen LogP contribution in [0.5, 0.6) is 0 Å². The highest BCUT2D eigenvalue weighted by atomic mass is 15.1. The summed E-state index contributed by atoms with van der Waals surface area (Å²) in [7, 11) is 0. The molecule has 0 bridgehead atoms. The molecule has 2 aliphatic rings. The summed E-state index contributed by atoms with van der Waals surface area (Å²) in [4.78, 5) is 4.81. The van der Waals surface area contributed by atoms with Crippen LogP contribution in [-0.2, 0) is 10.8 Å². The Morgan fingerprint density at radius 2 is 0.528 bits per heavy atom. The number of rotatable bonds is 10. The topological polar surface area (TPSA) is 6.48 Å². The number of benzene rings is 9. The Bertz CT molecular complexity index is 3340. The van der Waals surface area contributed by atoms with E-state index in [4.69, 9.17) is 0 Å². The van der Waals surface area contributed by atoms with Crippen molar-refractivity contribution in [3.63, 3.8) is 0 Å². The number of nitrogens with zero attached hydrogens (tertiary/aromatic N) is 2. The molecule has 0 radical (unpaired) electrons. The minimum atomic E-state index is -0.160. The molecule has 0 aliphatic heterocycles. The van der Waals surface area contributed by atoms with E-state index in [0.717, 1.165) is 11.4 Å². The lowest BCUT2D eigenvalue weighted by atomic mass is 9.81. The fraction of sp³-hybridized carbons (Fsp3) is 0.171. The van der Waals surface area contributed by atoms with Crippen LogP contribution >= 0.6 is 0 Å². The van der Waals surface area contributed by atoms with E-state index < -0.39 is 0 Å². The molecule has 2 nitrogen and oxygen atoms in total. The first kappa shape index (κ1) is 46.4. The lowest BCUT2D eigenvalue weighted by molar-refractivity contribution is 0.660. The average Bonchev–Trinajstić information content (AvgIpc) is 3.71. The molecule has 2 aliphatic carbocycles. The summed E-state index contributed by atoms with van der Waals surface area (Å²) >= 11 is 0. The van der Waals surface area contributed by atoms with E-state index in [1.54, 1.807) is 0 Å². The molecule has 11 rings (SSSR count). The normalized spacial score (nSPS) is 13.8. The van der Waals surface area contributed by atoms with Gasteiger partial charge in [-0.2, -0.15) is 0 Å². The summed E-state index contributed by atoms with van der Waals surface area (Å²) in [5, 5.41) is 0. The summed E-state index contributed by atoms with van der Waals surface area (Å²) in [6.07, 6.45) is 8.98. The van der Waals surface area contributed by atoms with Gasteiger partial charge in [-0.15, -0.1) is 0 Å². The van der Waals surface area contributed by atoms with Crippen LogP contribution in [0, 0.1) is 41.5 Å². The van der Waals surface area contributed by atoms with E-state index in [1.165, 1.54) is 123 Å². The zero-order valence-electron chi connectivity index (χ0n) is 43.5. The molecule has 9 aromatic carbocycles. The molecule has 0 saturated carbocycles. The first-order valence-electron chi connectivity index (χ1n) is 25.5. The van der Waals surface area contributed by atoms with Crippen LogP contribution in [0.3, 0.4) is 0 Å². The van der Waals surface area contributed by atoms with Gasteiger partial charge in [-0.3, -0.25) is 0 Å². The second kappa shape index (κ2) is 18.0. The van der Waals surface area contributed by atoms with E-state index in [9.17, 15) is 0 Å². The Morgan fingerprint density at radius 3 is 0.875 bits per heavy atom. The van der Waals surface area contributed by atoms with Gasteiger partial charge in [0.15, 0.2) is 0 Å². The second-order valence-electron chi connectivity index (χ2n) is 21.7. The maximum absolute atomic E-state index is 2.42. The van der Waals surface area contributed by atoms with Crippen LogP contribution in [0.1, 0.15) is 106 Å². The van der Waals surface area contributed by atoms with Gasteiger partial charge in [0.25, 0.3) is 0 Å². The van der Waals surface area contributed by atoms with Gasteiger partial charge in [-0.05, 0) is 203 Å². The Labute approximate surface area is 428 Å². The zero-order chi connectivity index (χ0) is 50.1. The minimum Gasteiger partial charge on any atom is -0.310 e. The molecule has 0 spiro atoms. The lowest BCUT2D eigenvalue weighted by Gasteiger charge is -2.28. The molecule has 72 heavy (non-hydrogen) atoms. The predicted molar refractivity (Wildman–Crippen MR) is 310 cm³/mol.